The first-order chi connectivity index (χ1) is 14.2. The number of aryl methyl sites for hydroxylation is 1. The summed E-state index contributed by atoms with van der Waals surface area (Å²) in [4.78, 5) is 0. The summed E-state index contributed by atoms with van der Waals surface area (Å²) in [6.07, 6.45) is 2.31. The molecule has 1 heteroatoms. The zero-order chi connectivity index (χ0) is 20.1. The molecule has 29 heavy (non-hydrogen) atoms. The van der Waals surface area contributed by atoms with Crippen LogP contribution in [0.2, 0.25) is 0 Å². The Labute approximate surface area is 173 Å². The van der Waals surface area contributed by atoms with Crippen molar-refractivity contribution in [2.45, 2.75) is 19.8 Å². The maximum atomic E-state index is 5.29. The molecule has 0 saturated carbocycles. The second-order valence-corrected chi connectivity index (χ2v) is 7.20. The molecule has 0 amide bonds. The average molecular weight is 376 g/mol. The largest absolute Gasteiger partial charge is 0.497 e. The van der Waals surface area contributed by atoms with Crippen LogP contribution in [0.1, 0.15) is 30.0 Å². The van der Waals surface area contributed by atoms with E-state index in [0.717, 1.165) is 28.7 Å². The van der Waals surface area contributed by atoms with Gasteiger partial charge in [0.1, 0.15) is 5.75 Å². The predicted molar refractivity (Wildman–Crippen MR) is 122 cm³/mol. The number of hydrogen-bond donors (Lipinski definition) is 0. The highest BCUT2D eigenvalue weighted by molar-refractivity contribution is 5.85. The van der Waals surface area contributed by atoms with Gasteiger partial charge in [-0.3, -0.25) is 0 Å². The fraction of sp³-hybridized carbons (Fsp3) is 0.143. The Morgan fingerprint density at radius 1 is 0.655 bits per heavy atom. The zero-order valence-corrected chi connectivity index (χ0v) is 16.9. The van der Waals surface area contributed by atoms with Gasteiger partial charge in [-0.25, -0.2) is 0 Å². The van der Waals surface area contributed by atoms with Crippen molar-refractivity contribution in [1.82, 2.24) is 0 Å². The molecule has 0 aliphatic rings. The third-order valence-corrected chi connectivity index (χ3v) is 5.11. The van der Waals surface area contributed by atoms with E-state index in [9.17, 15) is 0 Å². The summed E-state index contributed by atoms with van der Waals surface area (Å²) in [6.45, 7) is 2.21. The standard InChI is InChI=1S/C28H24O/c1-3-4-21-7-12-24(13-8-21)25-14-9-22(10-15-25)5-6-23-11-16-27-20-28(29-2)18-17-26(27)19-23/h7-20H,3-4H2,1-2H3. The molecule has 0 aromatic heterocycles. The van der Waals surface area contributed by atoms with Crippen LogP contribution >= 0.6 is 0 Å². The molecule has 0 spiro atoms. The highest BCUT2D eigenvalue weighted by atomic mass is 16.5. The maximum Gasteiger partial charge on any atom is 0.119 e. The van der Waals surface area contributed by atoms with Gasteiger partial charge in [0.15, 0.2) is 0 Å². The summed E-state index contributed by atoms with van der Waals surface area (Å²) in [6, 6.07) is 29.7. The van der Waals surface area contributed by atoms with Crippen LogP contribution in [0.3, 0.4) is 0 Å². The Bertz CT molecular complexity index is 1170. The average Bonchev–Trinajstić information content (AvgIpc) is 2.78. The summed E-state index contributed by atoms with van der Waals surface area (Å²) in [7, 11) is 1.69. The molecule has 0 atom stereocenters. The number of benzene rings is 4. The van der Waals surface area contributed by atoms with E-state index < -0.39 is 0 Å². The molecular weight excluding hydrogens is 352 g/mol. The first kappa shape index (κ1) is 18.8. The number of fused-ring (bicyclic) bond motifs is 1. The predicted octanol–water partition coefficient (Wildman–Crippen LogP) is 6.87. The van der Waals surface area contributed by atoms with Crippen LogP contribution in [0, 0.1) is 11.8 Å². The second kappa shape index (κ2) is 8.67. The van der Waals surface area contributed by atoms with Crippen molar-refractivity contribution in [1.29, 1.82) is 0 Å². The minimum atomic E-state index is 0.872. The van der Waals surface area contributed by atoms with Gasteiger partial charge in [0, 0.05) is 11.1 Å². The molecule has 0 bridgehead atoms. The molecule has 4 rings (SSSR count). The van der Waals surface area contributed by atoms with Crippen molar-refractivity contribution < 1.29 is 4.74 Å². The molecule has 0 saturated heterocycles. The van der Waals surface area contributed by atoms with Gasteiger partial charge in [-0.05, 0) is 70.3 Å². The van der Waals surface area contributed by atoms with Gasteiger partial charge in [0.25, 0.3) is 0 Å². The van der Waals surface area contributed by atoms with Gasteiger partial charge in [0.05, 0.1) is 7.11 Å². The minimum absolute atomic E-state index is 0.872. The fourth-order valence-corrected chi connectivity index (χ4v) is 3.47. The molecule has 0 aliphatic heterocycles. The topological polar surface area (TPSA) is 9.23 Å². The van der Waals surface area contributed by atoms with Gasteiger partial charge >= 0.3 is 0 Å². The van der Waals surface area contributed by atoms with Gasteiger partial charge in [-0.15, -0.1) is 0 Å². The van der Waals surface area contributed by atoms with Crippen LogP contribution in [0.25, 0.3) is 21.9 Å². The number of ether oxygens (including phenoxy) is 1. The third-order valence-electron chi connectivity index (χ3n) is 5.11. The van der Waals surface area contributed by atoms with Gasteiger partial charge in [-0.1, -0.05) is 73.7 Å². The quantitative estimate of drug-likeness (QED) is 0.353. The monoisotopic (exact) mass is 376 g/mol. The van der Waals surface area contributed by atoms with E-state index >= 15 is 0 Å². The molecule has 0 fully saturated rings. The highest BCUT2D eigenvalue weighted by Gasteiger charge is 1.99. The molecule has 1 nitrogen and oxygen atoms in total. The van der Waals surface area contributed by atoms with Gasteiger partial charge in [0.2, 0.25) is 0 Å². The van der Waals surface area contributed by atoms with E-state index in [-0.39, 0.29) is 0 Å². The van der Waals surface area contributed by atoms with Crippen molar-refractivity contribution in [2.24, 2.45) is 0 Å². The minimum Gasteiger partial charge on any atom is -0.497 e. The second-order valence-electron chi connectivity index (χ2n) is 7.20. The van der Waals surface area contributed by atoms with E-state index in [1.54, 1.807) is 7.11 Å². The molecule has 0 N–H and O–H groups in total. The van der Waals surface area contributed by atoms with Crippen molar-refractivity contribution in [3.63, 3.8) is 0 Å². The molecule has 0 unspecified atom stereocenters. The van der Waals surface area contributed by atoms with E-state index in [0.29, 0.717) is 0 Å². The normalized spacial score (nSPS) is 10.4. The molecule has 4 aromatic rings. The van der Waals surface area contributed by atoms with Crippen LogP contribution in [-0.2, 0) is 6.42 Å². The first-order valence-electron chi connectivity index (χ1n) is 10.0. The Kier molecular flexibility index (Phi) is 5.63. The Morgan fingerprint density at radius 2 is 1.24 bits per heavy atom. The molecule has 142 valence electrons. The van der Waals surface area contributed by atoms with Crippen LogP contribution in [0.15, 0.2) is 84.9 Å². The maximum absolute atomic E-state index is 5.29. The van der Waals surface area contributed by atoms with E-state index in [1.807, 2.05) is 12.1 Å². The van der Waals surface area contributed by atoms with E-state index in [1.165, 1.54) is 28.5 Å². The Morgan fingerprint density at radius 3 is 1.93 bits per heavy atom. The van der Waals surface area contributed by atoms with Gasteiger partial charge < -0.3 is 4.74 Å². The number of methoxy groups -OCH3 is 1. The van der Waals surface area contributed by atoms with Crippen molar-refractivity contribution in [3.05, 3.63) is 102 Å². The molecule has 0 aliphatic carbocycles. The highest BCUT2D eigenvalue weighted by Crippen LogP contribution is 2.22. The van der Waals surface area contributed by atoms with Crippen LogP contribution in [0.5, 0.6) is 5.75 Å². The fourth-order valence-electron chi connectivity index (χ4n) is 3.47. The molecule has 0 heterocycles. The lowest BCUT2D eigenvalue weighted by atomic mass is 10.0. The SMILES string of the molecule is CCCc1ccc(-c2ccc(C#Cc3ccc4cc(OC)ccc4c3)cc2)cc1. The lowest BCUT2D eigenvalue weighted by Gasteiger charge is -2.04. The lowest BCUT2D eigenvalue weighted by molar-refractivity contribution is 0.415. The van der Waals surface area contributed by atoms with E-state index in [2.05, 4.69) is 91.6 Å². The molecule has 4 aromatic carbocycles. The Hall–Kier alpha value is -3.50. The third kappa shape index (κ3) is 4.50. The molecular formula is C28H24O. The zero-order valence-electron chi connectivity index (χ0n) is 16.9. The van der Waals surface area contributed by atoms with Crippen molar-refractivity contribution in [2.75, 3.05) is 7.11 Å². The number of hydrogen-bond acceptors (Lipinski definition) is 1. The summed E-state index contributed by atoms with van der Waals surface area (Å²) >= 11 is 0. The number of rotatable bonds is 4. The summed E-state index contributed by atoms with van der Waals surface area (Å²) in [5, 5.41) is 2.32. The van der Waals surface area contributed by atoms with Crippen molar-refractivity contribution >= 4 is 10.8 Å². The van der Waals surface area contributed by atoms with Crippen LogP contribution in [0.4, 0.5) is 0 Å². The van der Waals surface area contributed by atoms with Crippen LogP contribution in [-0.4, -0.2) is 7.11 Å². The first-order valence-corrected chi connectivity index (χ1v) is 10.0. The van der Waals surface area contributed by atoms with Crippen molar-refractivity contribution in [3.8, 4) is 28.7 Å². The molecule has 0 radical (unpaired) electrons. The van der Waals surface area contributed by atoms with Gasteiger partial charge in [-0.2, -0.15) is 0 Å². The Balaban J connectivity index is 1.52. The smallest absolute Gasteiger partial charge is 0.119 e. The lowest BCUT2D eigenvalue weighted by Crippen LogP contribution is -1.84. The van der Waals surface area contributed by atoms with E-state index in [4.69, 9.17) is 4.74 Å². The summed E-state index contributed by atoms with van der Waals surface area (Å²) in [5.74, 6) is 7.43. The van der Waals surface area contributed by atoms with Crippen LogP contribution < -0.4 is 4.74 Å². The summed E-state index contributed by atoms with van der Waals surface area (Å²) < 4.78 is 5.29. The summed E-state index contributed by atoms with van der Waals surface area (Å²) in [5.41, 5.74) is 5.89.